The SMILES string of the molecule is O=C(CCn1cc(C(=O)O)cn1)Nc1cc(Oc2ccc(Cl)cc2Cl)cc([N+](=O)[O-])c1. The maximum absolute atomic E-state index is 12.3. The monoisotopic (exact) mass is 464 g/mol. The van der Waals surface area contributed by atoms with E-state index >= 15 is 0 Å². The fraction of sp³-hybridized carbons (Fsp3) is 0.105. The van der Waals surface area contributed by atoms with Crippen LogP contribution in [0.4, 0.5) is 11.4 Å². The minimum atomic E-state index is -1.12. The van der Waals surface area contributed by atoms with Crippen molar-refractivity contribution in [3.63, 3.8) is 0 Å². The lowest BCUT2D eigenvalue weighted by atomic mass is 10.2. The molecule has 12 heteroatoms. The molecular formula is C19H14Cl2N4O6. The highest BCUT2D eigenvalue weighted by Gasteiger charge is 2.15. The molecule has 10 nitrogen and oxygen atoms in total. The minimum absolute atomic E-state index is 0.00161. The Bertz CT molecular complexity index is 1160. The molecule has 160 valence electrons. The quantitative estimate of drug-likeness (QED) is 0.366. The van der Waals surface area contributed by atoms with Crippen LogP contribution in [-0.4, -0.2) is 31.7 Å². The van der Waals surface area contributed by atoms with Gasteiger partial charge in [0.1, 0.15) is 11.5 Å². The second-order valence-corrected chi connectivity index (χ2v) is 7.09. The van der Waals surface area contributed by atoms with Gasteiger partial charge in [0.25, 0.3) is 5.69 Å². The van der Waals surface area contributed by atoms with Crippen molar-refractivity contribution in [2.24, 2.45) is 0 Å². The van der Waals surface area contributed by atoms with E-state index in [1.165, 1.54) is 47.4 Å². The van der Waals surface area contributed by atoms with Gasteiger partial charge in [0.15, 0.2) is 0 Å². The second kappa shape index (κ2) is 9.45. The molecule has 2 aromatic carbocycles. The van der Waals surface area contributed by atoms with Crippen LogP contribution in [0.25, 0.3) is 0 Å². The number of nitrogens with zero attached hydrogens (tertiary/aromatic N) is 3. The van der Waals surface area contributed by atoms with Crippen molar-refractivity contribution in [3.05, 3.63) is 74.5 Å². The van der Waals surface area contributed by atoms with Gasteiger partial charge in [0.05, 0.1) is 33.5 Å². The summed E-state index contributed by atoms with van der Waals surface area (Å²) in [6.45, 7) is 0.123. The second-order valence-electron chi connectivity index (χ2n) is 6.24. The van der Waals surface area contributed by atoms with Gasteiger partial charge in [0.2, 0.25) is 5.91 Å². The smallest absolute Gasteiger partial charge is 0.338 e. The Balaban J connectivity index is 1.72. The van der Waals surface area contributed by atoms with Crippen molar-refractivity contribution >= 4 is 46.5 Å². The summed E-state index contributed by atoms with van der Waals surface area (Å²) >= 11 is 11.9. The highest BCUT2D eigenvalue weighted by Crippen LogP contribution is 2.34. The third-order valence-corrected chi connectivity index (χ3v) is 4.49. The van der Waals surface area contributed by atoms with Crippen LogP contribution < -0.4 is 10.1 Å². The van der Waals surface area contributed by atoms with E-state index < -0.39 is 16.8 Å². The number of carboxylic acids is 1. The van der Waals surface area contributed by atoms with E-state index in [0.717, 1.165) is 0 Å². The summed E-state index contributed by atoms with van der Waals surface area (Å²) in [4.78, 5) is 33.8. The number of amides is 1. The van der Waals surface area contributed by atoms with Crippen molar-refractivity contribution in [1.29, 1.82) is 0 Å². The summed E-state index contributed by atoms with van der Waals surface area (Å²) in [5.74, 6) is -1.26. The number of halogens is 2. The van der Waals surface area contributed by atoms with E-state index in [1.807, 2.05) is 0 Å². The molecule has 2 N–H and O–H groups in total. The summed E-state index contributed by atoms with van der Waals surface area (Å²) in [5, 5.41) is 27.2. The zero-order valence-electron chi connectivity index (χ0n) is 15.6. The average Bonchev–Trinajstić information content (AvgIpc) is 3.18. The van der Waals surface area contributed by atoms with Gasteiger partial charge in [-0.05, 0) is 18.2 Å². The number of hydrogen-bond acceptors (Lipinski definition) is 6. The number of nitro groups is 1. The normalized spacial score (nSPS) is 10.5. The zero-order chi connectivity index (χ0) is 22.5. The molecule has 0 saturated carbocycles. The summed E-state index contributed by atoms with van der Waals surface area (Å²) in [5.41, 5.74) is -0.149. The van der Waals surface area contributed by atoms with Gasteiger partial charge in [0, 0.05) is 36.3 Å². The number of anilines is 1. The lowest BCUT2D eigenvalue weighted by Crippen LogP contribution is -2.15. The fourth-order valence-corrected chi connectivity index (χ4v) is 2.99. The van der Waals surface area contributed by atoms with Gasteiger partial charge in [-0.15, -0.1) is 0 Å². The van der Waals surface area contributed by atoms with Gasteiger partial charge in [-0.25, -0.2) is 4.79 Å². The molecule has 0 aliphatic carbocycles. The molecule has 0 saturated heterocycles. The third-order valence-electron chi connectivity index (χ3n) is 3.96. The lowest BCUT2D eigenvalue weighted by Gasteiger charge is -2.11. The van der Waals surface area contributed by atoms with E-state index in [9.17, 15) is 19.7 Å². The Morgan fingerprint density at radius 2 is 2.00 bits per heavy atom. The Morgan fingerprint density at radius 1 is 1.23 bits per heavy atom. The van der Waals surface area contributed by atoms with Crippen molar-refractivity contribution in [2.45, 2.75) is 13.0 Å². The number of benzene rings is 2. The van der Waals surface area contributed by atoms with Gasteiger partial charge in [-0.1, -0.05) is 23.2 Å². The lowest BCUT2D eigenvalue weighted by molar-refractivity contribution is -0.384. The Morgan fingerprint density at radius 3 is 2.65 bits per heavy atom. The number of carbonyl (C=O) groups is 2. The van der Waals surface area contributed by atoms with Crippen LogP contribution >= 0.6 is 23.2 Å². The topological polar surface area (TPSA) is 137 Å². The molecule has 0 atom stereocenters. The van der Waals surface area contributed by atoms with Crippen molar-refractivity contribution in [1.82, 2.24) is 9.78 Å². The molecule has 0 spiro atoms. The predicted molar refractivity (Wildman–Crippen MR) is 112 cm³/mol. The molecule has 0 aliphatic rings. The summed E-state index contributed by atoms with van der Waals surface area (Å²) in [6, 6.07) is 8.31. The van der Waals surface area contributed by atoms with Crippen LogP contribution in [0.5, 0.6) is 11.5 Å². The first-order valence-electron chi connectivity index (χ1n) is 8.69. The first-order chi connectivity index (χ1) is 14.7. The zero-order valence-corrected chi connectivity index (χ0v) is 17.1. The van der Waals surface area contributed by atoms with Crippen LogP contribution in [0.1, 0.15) is 16.8 Å². The number of rotatable bonds is 8. The van der Waals surface area contributed by atoms with Crippen molar-refractivity contribution in [3.8, 4) is 11.5 Å². The number of nitro benzene ring substituents is 1. The van der Waals surface area contributed by atoms with E-state index in [0.29, 0.717) is 5.02 Å². The maximum atomic E-state index is 12.3. The molecule has 3 aromatic rings. The minimum Gasteiger partial charge on any atom is -0.478 e. The fourth-order valence-electron chi connectivity index (χ4n) is 2.54. The number of aryl methyl sites for hydroxylation is 1. The summed E-state index contributed by atoms with van der Waals surface area (Å²) in [7, 11) is 0. The first-order valence-corrected chi connectivity index (χ1v) is 9.45. The maximum Gasteiger partial charge on any atom is 0.338 e. The van der Waals surface area contributed by atoms with E-state index in [-0.39, 0.29) is 46.4 Å². The number of carboxylic acid groups (broad SMARTS) is 1. The van der Waals surface area contributed by atoms with Gasteiger partial charge < -0.3 is 15.2 Å². The molecule has 3 rings (SSSR count). The molecule has 0 radical (unpaired) electrons. The predicted octanol–water partition coefficient (Wildman–Crippen LogP) is 4.62. The van der Waals surface area contributed by atoms with Crippen LogP contribution in [0.15, 0.2) is 48.8 Å². The van der Waals surface area contributed by atoms with Gasteiger partial charge in [-0.3, -0.25) is 19.6 Å². The Hall–Kier alpha value is -3.63. The van der Waals surface area contributed by atoms with E-state index in [2.05, 4.69) is 10.4 Å². The number of non-ortho nitro benzene ring substituents is 1. The Kier molecular flexibility index (Phi) is 6.73. The van der Waals surface area contributed by atoms with Gasteiger partial charge in [-0.2, -0.15) is 5.10 Å². The van der Waals surface area contributed by atoms with Gasteiger partial charge >= 0.3 is 5.97 Å². The van der Waals surface area contributed by atoms with E-state index in [4.69, 9.17) is 33.0 Å². The largest absolute Gasteiger partial charge is 0.478 e. The third kappa shape index (κ3) is 5.93. The molecule has 0 fully saturated rings. The van der Waals surface area contributed by atoms with Crippen LogP contribution in [0.3, 0.4) is 0 Å². The number of aromatic carboxylic acids is 1. The summed E-state index contributed by atoms with van der Waals surface area (Å²) < 4.78 is 6.93. The van der Waals surface area contributed by atoms with Crippen LogP contribution in [0, 0.1) is 10.1 Å². The number of carbonyl (C=O) groups excluding carboxylic acids is 1. The highest BCUT2D eigenvalue weighted by atomic mass is 35.5. The molecule has 0 bridgehead atoms. The molecule has 0 unspecified atom stereocenters. The molecule has 1 amide bonds. The van der Waals surface area contributed by atoms with Crippen molar-refractivity contribution in [2.75, 3.05) is 5.32 Å². The number of nitrogens with one attached hydrogen (secondary N) is 1. The van der Waals surface area contributed by atoms with Crippen LogP contribution in [0.2, 0.25) is 10.0 Å². The molecule has 0 aliphatic heterocycles. The first kappa shape index (κ1) is 22.1. The molecule has 31 heavy (non-hydrogen) atoms. The average molecular weight is 465 g/mol. The van der Waals surface area contributed by atoms with Crippen molar-refractivity contribution < 1.29 is 24.4 Å². The standard InChI is InChI=1S/C19H14Cl2N4O6/c20-12-1-2-17(16(21)5-12)31-15-7-13(6-14(8-15)25(29)30)23-18(26)3-4-24-10-11(9-22-24)19(27)28/h1-2,5-10H,3-4H2,(H,23,26)(H,27,28). The molecular weight excluding hydrogens is 451 g/mol. The number of aromatic nitrogens is 2. The van der Waals surface area contributed by atoms with Crippen LogP contribution in [-0.2, 0) is 11.3 Å². The number of hydrogen-bond donors (Lipinski definition) is 2. The molecule has 1 heterocycles. The highest BCUT2D eigenvalue weighted by molar-refractivity contribution is 6.35. The van der Waals surface area contributed by atoms with E-state index in [1.54, 1.807) is 6.07 Å². The number of ether oxygens (including phenoxy) is 1. The molecule has 1 aromatic heterocycles. The summed E-state index contributed by atoms with van der Waals surface area (Å²) in [6.07, 6.45) is 2.43. The Labute approximate surface area is 185 Å².